The number of ketones is 1. The van der Waals surface area contributed by atoms with E-state index >= 15 is 0 Å². The monoisotopic (exact) mass is 317 g/mol. The fourth-order valence-electron chi connectivity index (χ4n) is 1.77. The molecule has 96 valence electrons. The molecule has 0 aromatic heterocycles. The van der Waals surface area contributed by atoms with Crippen LogP contribution in [0, 0.1) is 0 Å². The molecule has 1 amide bonds. The molecule has 0 unspecified atom stereocenters. The number of amides is 1. The minimum absolute atomic E-state index is 0.160. The molecule has 4 heteroatoms. The number of hydrogen-bond acceptors (Lipinski definition) is 2. The van der Waals surface area contributed by atoms with Crippen molar-refractivity contribution in [3.8, 4) is 0 Å². The molecule has 0 fully saturated rings. The first-order valence-electron chi connectivity index (χ1n) is 5.75. The molecule has 0 heterocycles. The second-order valence-electron chi connectivity index (χ2n) is 3.96. The van der Waals surface area contributed by atoms with Crippen molar-refractivity contribution in [2.24, 2.45) is 0 Å². The van der Waals surface area contributed by atoms with E-state index in [4.69, 9.17) is 0 Å². The molecule has 0 radical (unpaired) electrons. The summed E-state index contributed by atoms with van der Waals surface area (Å²) in [4.78, 5) is 24.2. The van der Waals surface area contributed by atoms with Crippen molar-refractivity contribution in [3.05, 3.63) is 69.7 Å². The van der Waals surface area contributed by atoms with E-state index in [1.165, 1.54) is 0 Å². The van der Waals surface area contributed by atoms with Crippen LogP contribution in [0.15, 0.2) is 53.0 Å². The first-order chi connectivity index (χ1) is 9.13. The normalized spacial score (nSPS) is 10.0. The van der Waals surface area contributed by atoms with Gasteiger partial charge < -0.3 is 5.32 Å². The van der Waals surface area contributed by atoms with Crippen LogP contribution in [0.2, 0.25) is 0 Å². The summed E-state index contributed by atoms with van der Waals surface area (Å²) in [6.07, 6.45) is 0. The van der Waals surface area contributed by atoms with Gasteiger partial charge in [-0.15, -0.1) is 0 Å². The molecule has 0 saturated heterocycles. The van der Waals surface area contributed by atoms with Crippen LogP contribution in [0.4, 0.5) is 0 Å². The van der Waals surface area contributed by atoms with E-state index in [1.807, 2.05) is 0 Å². The summed E-state index contributed by atoms with van der Waals surface area (Å²) in [5.74, 6) is -0.423. The van der Waals surface area contributed by atoms with Gasteiger partial charge >= 0.3 is 0 Å². The van der Waals surface area contributed by atoms with Gasteiger partial charge in [0.25, 0.3) is 5.91 Å². The summed E-state index contributed by atoms with van der Waals surface area (Å²) in [6.45, 7) is 0. The molecular weight excluding hydrogens is 306 g/mol. The van der Waals surface area contributed by atoms with Crippen molar-refractivity contribution in [1.82, 2.24) is 5.32 Å². The molecule has 19 heavy (non-hydrogen) atoms. The predicted molar refractivity (Wildman–Crippen MR) is 77.4 cm³/mol. The zero-order chi connectivity index (χ0) is 13.8. The van der Waals surface area contributed by atoms with Crippen LogP contribution in [0.5, 0.6) is 0 Å². The van der Waals surface area contributed by atoms with Crippen molar-refractivity contribution in [2.75, 3.05) is 7.05 Å². The lowest BCUT2D eigenvalue weighted by Crippen LogP contribution is -2.21. The Bertz CT molecular complexity index is 620. The van der Waals surface area contributed by atoms with Gasteiger partial charge in [-0.05, 0) is 30.3 Å². The number of benzene rings is 2. The second kappa shape index (κ2) is 5.80. The Morgan fingerprint density at radius 2 is 1.53 bits per heavy atom. The van der Waals surface area contributed by atoms with Gasteiger partial charge in [0.1, 0.15) is 0 Å². The highest BCUT2D eigenvalue weighted by atomic mass is 79.9. The zero-order valence-corrected chi connectivity index (χ0v) is 11.9. The molecule has 2 aromatic rings. The van der Waals surface area contributed by atoms with Crippen molar-refractivity contribution in [1.29, 1.82) is 0 Å². The fraction of sp³-hybridized carbons (Fsp3) is 0.0667. The highest BCUT2D eigenvalue weighted by Gasteiger charge is 2.16. The Balaban J connectivity index is 2.44. The van der Waals surface area contributed by atoms with E-state index in [9.17, 15) is 9.59 Å². The number of carbonyl (C=O) groups excluding carboxylic acids is 2. The molecule has 3 nitrogen and oxygen atoms in total. The standard InChI is InChI=1S/C15H12BrNO2/c1-17-15(19)13-5-3-2-4-12(13)14(18)10-6-8-11(16)9-7-10/h2-9H,1H3,(H,17,19). The molecule has 0 saturated carbocycles. The number of nitrogens with one attached hydrogen (secondary N) is 1. The van der Waals surface area contributed by atoms with E-state index < -0.39 is 0 Å². The topological polar surface area (TPSA) is 46.2 Å². The summed E-state index contributed by atoms with van der Waals surface area (Å²) < 4.78 is 0.906. The number of rotatable bonds is 3. The largest absolute Gasteiger partial charge is 0.355 e. The SMILES string of the molecule is CNC(=O)c1ccccc1C(=O)c1ccc(Br)cc1. The minimum atomic E-state index is -0.263. The Morgan fingerprint density at radius 1 is 0.947 bits per heavy atom. The third-order valence-electron chi connectivity index (χ3n) is 2.75. The highest BCUT2D eigenvalue weighted by molar-refractivity contribution is 9.10. The molecular formula is C15H12BrNO2. The van der Waals surface area contributed by atoms with Crippen molar-refractivity contribution < 1.29 is 9.59 Å². The maximum absolute atomic E-state index is 12.4. The number of hydrogen-bond donors (Lipinski definition) is 1. The van der Waals surface area contributed by atoms with E-state index in [0.717, 1.165) is 4.47 Å². The molecule has 0 aliphatic carbocycles. The van der Waals surface area contributed by atoms with Gasteiger partial charge in [-0.2, -0.15) is 0 Å². The first kappa shape index (κ1) is 13.5. The average molecular weight is 318 g/mol. The second-order valence-corrected chi connectivity index (χ2v) is 4.88. The van der Waals surface area contributed by atoms with E-state index in [2.05, 4.69) is 21.2 Å². The van der Waals surface area contributed by atoms with Crippen molar-refractivity contribution in [3.63, 3.8) is 0 Å². The molecule has 0 spiro atoms. The number of carbonyl (C=O) groups is 2. The smallest absolute Gasteiger partial charge is 0.251 e. The fourth-order valence-corrected chi connectivity index (χ4v) is 2.03. The molecule has 0 aliphatic heterocycles. The van der Waals surface area contributed by atoms with Crippen LogP contribution in [-0.2, 0) is 0 Å². The van der Waals surface area contributed by atoms with Crippen LogP contribution in [0.3, 0.4) is 0 Å². The molecule has 0 atom stereocenters. The average Bonchev–Trinajstić information content (AvgIpc) is 2.46. The van der Waals surface area contributed by atoms with E-state index in [0.29, 0.717) is 16.7 Å². The maximum Gasteiger partial charge on any atom is 0.251 e. The summed E-state index contributed by atoms with van der Waals surface area (Å²) in [5.41, 5.74) is 1.35. The van der Waals surface area contributed by atoms with Gasteiger partial charge in [-0.1, -0.05) is 34.1 Å². The highest BCUT2D eigenvalue weighted by Crippen LogP contribution is 2.17. The van der Waals surface area contributed by atoms with Crippen LogP contribution < -0.4 is 5.32 Å². The van der Waals surface area contributed by atoms with E-state index in [1.54, 1.807) is 55.6 Å². The lowest BCUT2D eigenvalue weighted by molar-refractivity contribution is 0.0950. The molecule has 1 N–H and O–H groups in total. The van der Waals surface area contributed by atoms with Crippen molar-refractivity contribution >= 4 is 27.6 Å². The van der Waals surface area contributed by atoms with Gasteiger partial charge in [-0.3, -0.25) is 9.59 Å². The Morgan fingerprint density at radius 3 is 2.11 bits per heavy atom. The molecule has 2 rings (SSSR count). The summed E-state index contributed by atoms with van der Waals surface area (Å²) in [5, 5.41) is 2.54. The molecule has 2 aromatic carbocycles. The van der Waals surface area contributed by atoms with Crippen molar-refractivity contribution in [2.45, 2.75) is 0 Å². The van der Waals surface area contributed by atoms with Gasteiger partial charge in [0.15, 0.2) is 5.78 Å². The van der Waals surface area contributed by atoms with Crippen LogP contribution >= 0.6 is 15.9 Å². The van der Waals surface area contributed by atoms with Crippen LogP contribution in [0.25, 0.3) is 0 Å². The summed E-state index contributed by atoms with van der Waals surface area (Å²) in [6, 6.07) is 13.9. The van der Waals surface area contributed by atoms with Gasteiger partial charge in [0.2, 0.25) is 0 Å². The maximum atomic E-state index is 12.4. The van der Waals surface area contributed by atoms with Gasteiger partial charge in [0, 0.05) is 22.6 Å². The Kier molecular flexibility index (Phi) is 4.12. The number of halogens is 1. The summed E-state index contributed by atoms with van der Waals surface area (Å²) in [7, 11) is 1.54. The minimum Gasteiger partial charge on any atom is -0.355 e. The van der Waals surface area contributed by atoms with Gasteiger partial charge in [-0.25, -0.2) is 0 Å². The molecule has 0 aliphatic rings. The zero-order valence-electron chi connectivity index (χ0n) is 10.3. The van der Waals surface area contributed by atoms with Gasteiger partial charge in [0.05, 0.1) is 5.56 Å². The van der Waals surface area contributed by atoms with Crippen LogP contribution in [-0.4, -0.2) is 18.7 Å². The van der Waals surface area contributed by atoms with E-state index in [-0.39, 0.29) is 11.7 Å². The summed E-state index contributed by atoms with van der Waals surface area (Å²) >= 11 is 3.32. The Hall–Kier alpha value is -1.94. The first-order valence-corrected chi connectivity index (χ1v) is 6.54. The third kappa shape index (κ3) is 2.90. The third-order valence-corrected chi connectivity index (χ3v) is 3.28. The Labute approximate surface area is 119 Å². The lowest BCUT2D eigenvalue weighted by Gasteiger charge is -2.07. The molecule has 0 bridgehead atoms. The predicted octanol–water partition coefficient (Wildman–Crippen LogP) is 3.04. The lowest BCUT2D eigenvalue weighted by atomic mass is 9.98. The quantitative estimate of drug-likeness (QED) is 0.884. The van der Waals surface area contributed by atoms with Crippen LogP contribution in [0.1, 0.15) is 26.3 Å².